The quantitative estimate of drug-likeness (QED) is 0.813. The fraction of sp³-hybridized carbons (Fsp3) is 0.944. The zero-order valence-corrected chi connectivity index (χ0v) is 15.3. The summed E-state index contributed by atoms with van der Waals surface area (Å²) in [4.78, 5) is 16.7. The van der Waals surface area contributed by atoms with Crippen LogP contribution in [-0.2, 0) is 4.74 Å². The van der Waals surface area contributed by atoms with Gasteiger partial charge in [-0.05, 0) is 53.1 Å². The first-order chi connectivity index (χ1) is 11.5. The highest BCUT2D eigenvalue weighted by molar-refractivity contribution is 5.74. The Labute approximate surface area is 145 Å². The van der Waals surface area contributed by atoms with Crippen molar-refractivity contribution in [1.29, 1.82) is 0 Å². The third kappa shape index (κ3) is 3.28. The second kappa shape index (κ2) is 7.18. The van der Waals surface area contributed by atoms with Crippen LogP contribution in [0.15, 0.2) is 0 Å². The second-order valence-corrected chi connectivity index (χ2v) is 7.99. The molecular formula is C18H33N3O3. The third-order valence-corrected chi connectivity index (χ3v) is 6.55. The number of amides is 2. The summed E-state index contributed by atoms with van der Waals surface area (Å²) in [7, 11) is 4.22. The molecule has 0 radical (unpaired) electrons. The molecule has 3 aliphatic rings. The molecule has 1 aliphatic heterocycles. The average Bonchev–Trinajstić information content (AvgIpc) is 3.03. The maximum absolute atomic E-state index is 12.5. The van der Waals surface area contributed by atoms with E-state index >= 15 is 0 Å². The summed E-state index contributed by atoms with van der Waals surface area (Å²) in [5, 5.41) is 13.5. The lowest BCUT2D eigenvalue weighted by molar-refractivity contribution is -0.207. The van der Waals surface area contributed by atoms with Crippen molar-refractivity contribution in [2.75, 3.05) is 33.8 Å². The molecule has 24 heavy (non-hydrogen) atoms. The Bertz CT molecular complexity index is 447. The molecule has 3 rings (SSSR count). The van der Waals surface area contributed by atoms with E-state index in [1.807, 2.05) is 11.8 Å². The van der Waals surface area contributed by atoms with E-state index in [1.165, 1.54) is 0 Å². The molecule has 6 heteroatoms. The number of hydrogen-bond donors (Lipinski definition) is 2. The molecule has 2 N–H and O–H groups in total. The van der Waals surface area contributed by atoms with E-state index in [9.17, 15) is 9.90 Å². The maximum atomic E-state index is 12.5. The van der Waals surface area contributed by atoms with Gasteiger partial charge in [0, 0.05) is 43.6 Å². The van der Waals surface area contributed by atoms with Crippen LogP contribution in [0.5, 0.6) is 0 Å². The van der Waals surface area contributed by atoms with Crippen molar-refractivity contribution >= 4 is 6.03 Å². The molecule has 2 amide bonds. The van der Waals surface area contributed by atoms with E-state index in [-0.39, 0.29) is 23.7 Å². The van der Waals surface area contributed by atoms with E-state index in [0.717, 1.165) is 51.6 Å². The van der Waals surface area contributed by atoms with E-state index < -0.39 is 0 Å². The van der Waals surface area contributed by atoms with Crippen molar-refractivity contribution in [2.45, 2.75) is 69.7 Å². The number of aliphatic hydroxyl groups is 1. The van der Waals surface area contributed by atoms with Gasteiger partial charge in [-0.15, -0.1) is 0 Å². The van der Waals surface area contributed by atoms with Crippen molar-refractivity contribution < 1.29 is 14.6 Å². The molecule has 1 heterocycles. The van der Waals surface area contributed by atoms with Crippen LogP contribution in [0.25, 0.3) is 0 Å². The average molecular weight is 339 g/mol. The fourth-order valence-corrected chi connectivity index (χ4v) is 4.77. The van der Waals surface area contributed by atoms with Crippen LogP contribution >= 0.6 is 0 Å². The largest absolute Gasteiger partial charge is 0.392 e. The van der Waals surface area contributed by atoms with Crippen LogP contribution in [0.2, 0.25) is 0 Å². The summed E-state index contributed by atoms with van der Waals surface area (Å²) in [6.45, 7) is 4.13. The molecular weight excluding hydrogens is 306 g/mol. The highest BCUT2D eigenvalue weighted by Gasteiger charge is 2.56. The molecule has 3 fully saturated rings. The molecule has 1 saturated heterocycles. The van der Waals surface area contributed by atoms with Crippen LogP contribution < -0.4 is 5.32 Å². The summed E-state index contributed by atoms with van der Waals surface area (Å²) in [6, 6.07) is 0.944. The van der Waals surface area contributed by atoms with Crippen molar-refractivity contribution in [2.24, 2.45) is 5.41 Å². The molecule has 0 aromatic carbocycles. The Hall–Kier alpha value is -0.850. The van der Waals surface area contributed by atoms with Gasteiger partial charge in [-0.3, -0.25) is 0 Å². The van der Waals surface area contributed by atoms with Crippen LogP contribution in [0.4, 0.5) is 4.79 Å². The van der Waals surface area contributed by atoms with Gasteiger partial charge in [-0.25, -0.2) is 4.79 Å². The predicted octanol–water partition coefficient (Wildman–Crippen LogP) is 1.43. The Balaban J connectivity index is 1.47. The number of nitrogens with one attached hydrogen (secondary N) is 1. The van der Waals surface area contributed by atoms with Crippen LogP contribution in [0, 0.1) is 5.41 Å². The van der Waals surface area contributed by atoms with E-state index in [4.69, 9.17) is 4.74 Å². The monoisotopic (exact) mass is 339 g/mol. The molecule has 0 aromatic heterocycles. The molecule has 6 nitrogen and oxygen atoms in total. The topological polar surface area (TPSA) is 65.0 Å². The summed E-state index contributed by atoms with van der Waals surface area (Å²) in [5.74, 6) is 0. The Kier molecular flexibility index (Phi) is 5.37. The summed E-state index contributed by atoms with van der Waals surface area (Å²) in [5.41, 5.74) is -0.115. The fourth-order valence-electron chi connectivity index (χ4n) is 4.77. The SMILES string of the molecule is CCO[C@@H]1C[C@H](O)C12CCN(C(=O)N[C@@H]1CC[C@H](N(C)C)C1)CC2. The minimum Gasteiger partial charge on any atom is -0.392 e. The maximum Gasteiger partial charge on any atom is 0.317 e. The molecule has 4 atom stereocenters. The van der Waals surface area contributed by atoms with E-state index in [2.05, 4.69) is 24.3 Å². The molecule has 0 aromatic rings. The normalized spacial score (nSPS) is 35.3. The number of rotatable bonds is 4. The first-order valence-electron chi connectivity index (χ1n) is 9.48. The minimum absolute atomic E-state index is 0.0658. The first-order valence-corrected chi connectivity index (χ1v) is 9.48. The third-order valence-electron chi connectivity index (χ3n) is 6.55. The van der Waals surface area contributed by atoms with Crippen LogP contribution in [-0.4, -0.2) is 79.0 Å². The summed E-state index contributed by atoms with van der Waals surface area (Å²) in [6.07, 6.45) is 5.60. The van der Waals surface area contributed by atoms with Gasteiger partial charge < -0.3 is 25.0 Å². The number of hydrogen-bond acceptors (Lipinski definition) is 4. The van der Waals surface area contributed by atoms with Crippen molar-refractivity contribution in [3.05, 3.63) is 0 Å². The smallest absolute Gasteiger partial charge is 0.317 e. The zero-order chi connectivity index (χ0) is 17.3. The zero-order valence-electron chi connectivity index (χ0n) is 15.3. The number of piperidine rings is 1. The van der Waals surface area contributed by atoms with E-state index in [1.54, 1.807) is 0 Å². The van der Waals surface area contributed by atoms with Gasteiger partial charge in [-0.1, -0.05) is 0 Å². The second-order valence-electron chi connectivity index (χ2n) is 7.99. The van der Waals surface area contributed by atoms with Gasteiger partial charge in [0.25, 0.3) is 0 Å². The summed E-state index contributed by atoms with van der Waals surface area (Å²) < 4.78 is 5.80. The lowest BCUT2D eigenvalue weighted by Crippen LogP contribution is -2.63. The lowest BCUT2D eigenvalue weighted by Gasteiger charge is -2.56. The molecule has 1 spiro atoms. The number of carbonyl (C=O) groups is 1. The number of ether oxygens (including phenoxy) is 1. The number of aliphatic hydroxyl groups excluding tert-OH is 1. The lowest BCUT2D eigenvalue weighted by atomic mass is 9.58. The molecule has 0 unspecified atom stereocenters. The predicted molar refractivity (Wildman–Crippen MR) is 92.9 cm³/mol. The van der Waals surface area contributed by atoms with Gasteiger partial charge in [-0.2, -0.15) is 0 Å². The van der Waals surface area contributed by atoms with Crippen molar-refractivity contribution in [3.8, 4) is 0 Å². The van der Waals surface area contributed by atoms with Crippen molar-refractivity contribution in [3.63, 3.8) is 0 Å². The Morgan fingerprint density at radius 2 is 2.00 bits per heavy atom. The summed E-state index contributed by atoms with van der Waals surface area (Å²) >= 11 is 0. The Morgan fingerprint density at radius 1 is 1.29 bits per heavy atom. The standard InChI is InChI=1S/C18H33N3O3/c1-4-24-16-12-15(22)18(16)7-9-21(10-8-18)17(23)19-13-5-6-14(11-13)20(2)3/h13-16,22H,4-12H2,1-3H3,(H,19,23)/t13-,14+,15+,16-/m1/s1. The van der Waals surface area contributed by atoms with Gasteiger partial charge in [0.2, 0.25) is 0 Å². The Morgan fingerprint density at radius 3 is 2.54 bits per heavy atom. The number of nitrogens with zero attached hydrogens (tertiary/aromatic N) is 2. The van der Waals surface area contributed by atoms with Gasteiger partial charge in [0.05, 0.1) is 12.2 Å². The highest BCUT2D eigenvalue weighted by Crippen LogP contribution is 2.50. The molecule has 2 saturated carbocycles. The van der Waals surface area contributed by atoms with Gasteiger partial charge in [0.15, 0.2) is 0 Å². The van der Waals surface area contributed by atoms with E-state index in [0.29, 0.717) is 18.7 Å². The number of carbonyl (C=O) groups excluding carboxylic acids is 1. The number of urea groups is 1. The van der Waals surface area contributed by atoms with Crippen LogP contribution in [0.1, 0.15) is 45.4 Å². The highest BCUT2D eigenvalue weighted by atomic mass is 16.5. The number of likely N-dealkylation sites (tertiary alicyclic amines) is 1. The first kappa shape index (κ1) is 18.0. The van der Waals surface area contributed by atoms with Gasteiger partial charge in [0.1, 0.15) is 0 Å². The molecule has 2 aliphatic carbocycles. The minimum atomic E-state index is -0.269. The van der Waals surface area contributed by atoms with Gasteiger partial charge >= 0.3 is 6.03 Å². The van der Waals surface area contributed by atoms with Crippen LogP contribution in [0.3, 0.4) is 0 Å². The molecule has 138 valence electrons. The molecule has 0 bridgehead atoms. The van der Waals surface area contributed by atoms with Crippen molar-refractivity contribution in [1.82, 2.24) is 15.1 Å².